The predicted octanol–water partition coefficient (Wildman–Crippen LogP) is 6.00. The lowest BCUT2D eigenvalue weighted by Crippen LogP contribution is -2.13. The maximum absolute atomic E-state index is 13.2. The second-order valence-corrected chi connectivity index (χ2v) is 8.72. The van der Waals surface area contributed by atoms with Crippen molar-refractivity contribution in [2.75, 3.05) is 0 Å². The highest BCUT2D eigenvalue weighted by Gasteiger charge is 2.22. The first-order chi connectivity index (χ1) is 11.9. The van der Waals surface area contributed by atoms with E-state index in [1.54, 1.807) is 0 Å². The molecule has 3 aromatic rings. The van der Waals surface area contributed by atoms with Crippen LogP contribution in [0.15, 0.2) is 36.5 Å². The Labute approximate surface area is 155 Å². The van der Waals surface area contributed by atoms with Crippen molar-refractivity contribution >= 4 is 10.9 Å². The first-order valence-corrected chi connectivity index (χ1v) is 8.84. The van der Waals surface area contributed by atoms with Gasteiger partial charge in [-0.15, -0.1) is 0 Å². The zero-order valence-electron chi connectivity index (χ0n) is 16.7. The number of phenolic OH excluding ortho intramolecular Hbond substituents is 1. The molecule has 4 heteroatoms. The predicted molar refractivity (Wildman–Crippen MR) is 106 cm³/mol. The van der Waals surface area contributed by atoms with Gasteiger partial charge in [0.05, 0.1) is 11.7 Å². The smallest absolute Gasteiger partial charge is 0.130 e. The summed E-state index contributed by atoms with van der Waals surface area (Å²) in [6.07, 6.45) is 1.92. The van der Waals surface area contributed by atoms with E-state index in [1.165, 1.54) is 34.7 Å². The monoisotopic (exact) mass is 356 g/mol. The largest absolute Gasteiger partial charge is 0.508 e. The molecule has 0 saturated carbocycles. The number of aromatic amines is 1. The molecule has 1 heterocycles. The van der Waals surface area contributed by atoms with Gasteiger partial charge in [0, 0.05) is 10.9 Å². The van der Waals surface area contributed by atoms with Crippen molar-refractivity contribution in [3.8, 4) is 5.75 Å². The molecule has 0 bridgehead atoms. The van der Waals surface area contributed by atoms with Crippen molar-refractivity contribution in [3.63, 3.8) is 0 Å². The summed E-state index contributed by atoms with van der Waals surface area (Å²) in [6.45, 7) is 14.5. The molecule has 0 aliphatic carbocycles. The van der Waals surface area contributed by atoms with Crippen molar-refractivity contribution in [1.29, 1.82) is 0 Å². The van der Waals surface area contributed by atoms with E-state index in [4.69, 9.17) is 0 Å². The third kappa shape index (κ3) is 4.24. The third-order valence-electron chi connectivity index (χ3n) is 4.32. The minimum Gasteiger partial charge on any atom is -0.508 e. The van der Waals surface area contributed by atoms with Crippen LogP contribution < -0.4 is 0 Å². The number of aromatic hydroxyl groups is 1. The van der Waals surface area contributed by atoms with Crippen molar-refractivity contribution in [2.45, 2.75) is 59.3 Å². The number of aryl methyl sites for hydroxylation is 1. The first kappa shape index (κ1) is 20.0. The van der Waals surface area contributed by atoms with E-state index in [0.29, 0.717) is 5.56 Å². The Morgan fingerprint density at radius 1 is 0.923 bits per heavy atom. The second-order valence-electron chi connectivity index (χ2n) is 8.72. The van der Waals surface area contributed by atoms with Gasteiger partial charge in [-0.1, -0.05) is 53.7 Å². The van der Waals surface area contributed by atoms with Gasteiger partial charge in [-0.25, -0.2) is 4.39 Å². The van der Waals surface area contributed by atoms with Crippen LogP contribution in [-0.4, -0.2) is 15.3 Å². The quantitative estimate of drug-likeness (QED) is 0.519. The molecule has 0 spiro atoms. The molecule has 2 aromatic carbocycles. The van der Waals surface area contributed by atoms with Gasteiger partial charge in [-0.3, -0.25) is 5.10 Å². The number of phenols is 1. The SMILES string of the molecule is CC(C)(C)c1c(O)cccc1F.Cc1ccc2[nH]ncc2c1C(C)(C)C. The highest BCUT2D eigenvalue weighted by Crippen LogP contribution is 2.33. The summed E-state index contributed by atoms with van der Waals surface area (Å²) < 4.78 is 13.2. The Morgan fingerprint density at radius 3 is 2.04 bits per heavy atom. The minimum absolute atomic E-state index is 0.0301. The summed E-state index contributed by atoms with van der Waals surface area (Å²) in [5.74, 6) is -0.315. The summed E-state index contributed by atoms with van der Waals surface area (Å²) in [4.78, 5) is 0. The lowest BCUT2D eigenvalue weighted by Gasteiger charge is -2.22. The minimum atomic E-state index is -0.352. The Hall–Kier alpha value is -2.36. The maximum atomic E-state index is 13.2. The van der Waals surface area contributed by atoms with Crippen LogP contribution in [0.3, 0.4) is 0 Å². The zero-order valence-corrected chi connectivity index (χ0v) is 16.7. The number of nitrogens with zero attached hydrogens (tertiary/aromatic N) is 1. The fourth-order valence-electron chi connectivity index (χ4n) is 3.38. The molecule has 2 N–H and O–H groups in total. The highest BCUT2D eigenvalue weighted by molar-refractivity contribution is 5.83. The van der Waals surface area contributed by atoms with Gasteiger partial charge in [0.2, 0.25) is 0 Å². The van der Waals surface area contributed by atoms with E-state index in [9.17, 15) is 9.50 Å². The Balaban J connectivity index is 0.000000190. The van der Waals surface area contributed by atoms with Gasteiger partial charge in [0.15, 0.2) is 0 Å². The van der Waals surface area contributed by atoms with Crippen molar-refractivity contribution in [1.82, 2.24) is 10.2 Å². The van der Waals surface area contributed by atoms with Gasteiger partial charge < -0.3 is 5.11 Å². The number of H-pyrrole nitrogens is 1. The first-order valence-electron chi connectivity index (χ1n) is 8.84. The van der Waals surface area contributed by atoms with Crippen molar-refractivity contribution < 1.29 is 9.50 Å². The molecular formula is C22H29FN2O. The topological polar surface area (TPSA) is 48.9 Å². The molecule has 1 aromatic heterocycles. The van der Waals surface area contributed by atoms with Crippen LogP contribution in [-0.2, 0) is 10.8 Å². The van der Waals surface area contributed by atoms with E-state index in [0.717, 1.165) is 5.52 Å². The highest BCUT2D eigenvalue weighted by atomic mass is 19.1. The molecule has 0 aliphatic rings. The summed E-state index contributed by atoms with van der Waals surface area (Å²) in [7, 11) is 0. The second kappa shape index (κ2) is 7.10. The molecule has 0 unspecified atom stereocenters. The van der Waals surface area contributed by atoms with Gasteiger partial charge >= 0.3 is 0 Å². The van der Waals surface area contributed by atoms with Crippen LogP contribution in [0.25, 0.3) is 10.9 Å². The number of aromatic nitrogens is 2. The molecule has 0 fully saturated rings. The molecule has 3 rings (SSSR count). The Morgan fingerprint density at radius 2 is 1.54 bits per heavy atom. The molecule has 0 amide bonds. The van der Waals surface area contributed by atoms with Crippen LogP contribution in [0.4, 0.5) is 4.39 Å². The fraction of sp³-hybridized carbons (Fsp3) is 0.409. The number of halogens is 1. The number of rotatable bonds is 0. The van der Waals surface area contributed by atoms with Crippen LogP contribution in [0.5, 0.6) is 5.75 Å². The molecule has 0 saturated heterocycles. The van der Waals surface area contributed by atoms with Crippen molar-refractivity contribution in [2.24, 2.45) is 0 Å². The number of benzene rings is 2. The normalized spacial score (nSPS) is 12.0. The summed E-state index contributed by atoms with van der Waals surface area (Å²) in [5.41, 5.74) is 4.06. The maximum Gasteiger partial charge on any atom is 0.130 e. The lowest BCUT2D eigenvalue weighted by atomic mass is 9.82. The average molecular weight is 356 g/mol. The van der Waals surface area contributed by atoms with Gasteiger partial charge in [0.1, 0.15) is 11.6 Å². The van der Waals surface area contributed by atoms with E-state index in [2.05, 4.69) is 50.0 Å². The van der Waals surface area contributed by atoms with Gasteiger partial charge in [-0.05, 0) is 47.1 Å². The number of fused-ring (bicyclic) bond motifs is 1. The molecule has 3 nitrogen and oxygen atoms in total. The number of hydrogen-bond acceptors (Lipinski definition) is 2. The van der Waals surface area contributed by atoms with E-state index in [1.807, 2.05) is 27.0 Å². The van der Waals surface area contributed by atoms with Crippen LogP contribution >= 0.6 is 0 Å². The standard InChI is InChI=1S/C12H16N2.C10H13FO/c1-8-5-6-10-9(7-13-14-10)11(8)12(2,3)4;1-10(2,3)9-7(11)5-4-6-8(9)12/h5-7H,1-4H3,(H,13,14);4-6,12H,1-3H3. The number of hydrogen-bond donors (Lipinski definition) is 2. The summed E-state index contributed by atoms with van der Waals surface area (Å²) in [5, 5.41) is 17.7. The zero-order chi connectivity index (χ0) is 19.7. The molecule has 0 aliphatic heterocycles. The summed E-state index contributed by atoms with van der Waals surface area (Å²) in [6, 6.07) is 8.61. The van der Waals surface area contributed by atoms with E-state index in [-0.39, 0.29) is 22.4 Å². The third-order valence-corrected chi connectivity index (χ3v) is 4.32. The lowest BCUT2D eigenvalue weighted by molar-refractivity contribution is 0.429. The summed E-state index contributed by atoms with van der Waals surface area (Å²) >= 11 is 0. The van der Waals surface area contributed by atoms with E-state index >= 15 is 0 Å². The number of nitrogens with one attached hydrogen (secondary N) is 1. The molecule has 0 radical (unpaired) electrons. The van der Waals surface area contributed by atoms with E-state index < -0.39 is 0 Å². The Kier molecular flexibility index (Phi) is 5.45. The van der Waals surface area contributed by atoms with Crippen LogP contribution in [0.2, 0.25) is 0 Å². The average Bonchev–Trinajstić information content (AvgIpc) is 2.92. The fourth-order valence-corrected chi connectivity index (χ4v) is 3.38. The molecule has 140 valence electrons. The Bertz CT molecular complexity index is 878. The van der Waals surface area contributed by atoms with Gasteiger partial charge in [-0.2, -0.15) is 5.10 Å². The molecule has 26 heavy (non-hydrogen) atoms. The van der Waals surface area contributed by atoms with Crippen molar-refractivity contribution in [3.05, 3.63) is 59.0 Å². The van der Waals surface area contributed by atoms with Crippen LogP contribution in [0, 0.1) is 12.7 Å². The van der Waals surface area contributed by atoms with Gasteiger partial charge in [0.25, 0.3) is 0 Å². The molecule has 0 atom stereocenters. The molecular weight excluding hydrogens is 327 g/mol. The van der Waals surface area contributed by atoms with Crippen LogP contribution in [0.1, 0.15) is 58.2 Å².